The highest BCUT2D eigenvalue weighted by molar-refractivity contribution is 6.01. The fourth-order valence-electron chi connectivity index (χ4n) is 2.68. The van der Waals surface area contributed by atoms with Gasteiger partial charge in [0.1, 0.15) is 0 Å². The van der Waals surface area contributed by atoms with Gasteiger partial charge in [0, 0.05) is 12.8 Å². The standard InChI is InChI=1S/C14H23NO4.C2H6/c1-13(2,3)9-14(4,5)8-12(18)19-15-10(16)6-7-11(15)17;1-2/h6-9H2,1-5H3;1-2H3. The third-order valence-electron chi connectivity index (χ3n) is 2.83. The second kappa shape index (κ2) is 7.57. The van der Waals surface area contributed by atoms with Gasteiger partial charge >= 0.3 is 5.97 Å². The van der Waals surface area contributed by atoms with Crippen molar-refractivity contribution in [2.24, 2.45) is 10.8 Å². The highest BCUT2D eigenvalue weighted by Gasteiger charge is 2.35. The summed E-state index contributed by atoms with van der Waals surface area (Å²) in [6, 6.07) is 0. The smallest absolute Gasteiger partial charge is 0.330 e. The van der Waals surface area contributed by atoms with Crippen molar-refractivity contribution in [2.45, 2.75) is 74.1 Å². The Morgan fingerprint density at radius 2 is 1.48 bits per heavy atom. The van der Waals surface area contributed by atoms with Crippen molar-refractivity contribution >= 4 is 17.8 Å². The van der Waals surface area contributed by atoms with Gasteiger partial charge in [-0.05, 0) is 17.3 Å². The lowest BCUT2D eigenvalue weighted by Crippen LogP contribution is -2.34. The molecule has 1 rings (SSSR count). The molecule has 1 aliphatic heterocycles. The van der Waals surface area contributed by atoms with Gasteiger partial charge in [0.05, 0.1) is 6.42 Å². The number of imide groups is 1. The molecule has 0 radical (unpaired) electrons. The van der Waals surface area contributed by atoms with E-state index in [4.69, 9.17) is 4.84 Å². The van der Waals surface area contributed by atoms with Crippen molar-refractivity contribution in [1.82, 2.24) is 5.06 Å². The molecule has 1 aliphatic rings. The predicted molar refractivity (Wildman–Crippen MR) is 81.0 cm³/mol. The Morgan fingerprint density at radius 3 is 1.86 bits per heavy atom. The number of amides is 2. The van der Waals surface area contributed by atoms with Crippen LogP contribution in [0.4, 0.5) is 0 Å². The molecule has 21 heavy (non-hydrogen) atoms. The molecule has 0 aromatic heterocycles. The van der Waals surface area contributed by atoms with Gasteiger partial charge in [-0.25, -0.2) is 4.79 Å². The maximum Gasteiger partial charge on any atom is 0.333 e. The van der Waals surface area contributed by atoms with Crippen molar-refractivity contribution in [3.63, 3.8) is 0 Å². The molecule has 0 bridgehead atoms. The molecule has 0 unspecified atom stereocenters. The number of hydrogen-bond acceptors (Lipinski definition) is 4. The van der Waals surface area contributed by atoms with Gasteiger partial charge in [-0.1, -0.05) is 48.5 Å². The van der Waals surface area contributed by atoms with Gasteiger partial charge in [0.2, 0.25) is 0 Å². The quantitative estimate of drug-likeness (QED) is 0.746. The van der Waals surface area contributed by atoms with E-state index in [1.807, 2.05) is 27.7 Å². The molecule has 1 saturated heterocycles. The van der Waals surface area contributed by atoms with E-state index in [0.29, 0.717) is 5.06 Å². The average molecular weight is 299 g/mol. The lowest BCUT2D eigenvalue weighted by molar-refractivity contribution is -0.199. The molecule has 2 amide bonds. The fraction of sp³-hybridized carbons (Fsp3) is 0.812. The Morgan fingerprint density at radius 1 is 1.05 bits per heavy atom. The SMILES string of the molecule is CC.CC(C)(C)CC(C)(C)CC(=O)ON1C(=O)CCC1=O. The van der Waals surface area contributed by atoms with Crippen molar-refractivity contribution in [2.75, 3.05) is 0 Å². The summed E-state index contributed by atoms with van der Waals surface area (Å²) in [7, 11) is 0. The van der Waals surface area contributed by atoms with E-state index in [2.05, 4.69) is 20.8 Å². The zero-order valence-electron chi connectivity index (χ0n) is 14.4. The molecular formula is C16H29NO4. The normalized spacial score (nSPS) is 15.7. The van der Waals surface area contributed by atoms with Crippen LogP contribution >= 0.6 is 0 Å². The minimum atomic E-state index is -0.530. The lowest BCUT2D eigenvalue weighted by Gasteiger charge is -2.31. The molecule has 0 N–H and O–H groups in total. The first-order valence-corrected chi connectivity index (χ1v) is 7.57. The van der Waals surface area contributed by atoms with E-state index in [-0.39, 0.29) is 30.1 Å². The zero-order valence-corrected chi connectivity index (χ0v) is 14.4. The third kappa shape index (κ3) is 7.25. The maximum absolute atomic E-state index is 11.8. The predicted octanol–water partition coefficient (Wildman–Crippen LogP) is 3.47. The Balaban J connectivity index is 0.00000191. The molecule has 0 aromatic carbocycles. The van der Waals surface area contributed by atoms with Crippen molar-refractivity contribution in [1.29, 1.82) is 0 Å². The number of carbonyl (C=O) groups is 3. The number of hydrogen-bond donors (Lipinski definition) is 0. The van der Waals surface area contributed by atoms with Crippen LogP contribution in [0.25, 0.3) is 0 Å². The number of nitrogens with zero attached hydrogens (tertiary/aromatic N) is 1. The fourth-order valence-corrected chi connectivity index (χ4v) is 2.68. The van der Waals surface area contributed by atoms with Crippen molar-refractivity contribution in [3.8, 4) is 0 Å². The van der Waals surface area contributed by atoms with Gasteiger partial charge in [0.15, 0.2) is 0 Å². The maximum atomic E-state index is 11.8. The number of hydroxylamine groups is 2. The number of rotatable bonds is 4. The van der Waals surface area contributed by atoms with Gasteiger partial charge in [-0.15, -0.1) is 5.06 Å². The van der Waals surface area contributed by atoms with Crippen LogP contribution < -0.4 is 0 Å². The Kier molecular flexibility index (Phi) is 7.07. The molecule has 0 saturated carbocycles. The van der Waals surface area contributed by atoms with Gasteiger partial charge < -0.3 is 4.84 Å². The van der Waals surface area contributed by atoms with E-state index in [0.717, 1.165) is 6.42 Å². The van der Waals surface area contributed by atoms with E-state index < -0.39 is 17.8 Å². The summed E-state index contributed by atoms with van der Waals surface area (Å²) in [5.74, 6) is -1.41. The molecule has 0 aromatic rings. The lowest BCUT2D eigenvalue weighted by atomic mass is 9.74. The Hall–Kier alpha value is -1.39. The van der Waals surface area contributed by atoms with Crippen LogP contribution in [0.15, 0.2) is 0 Å². The van der Waals surface area contributed by atoms with Gasteiger partial charge in [0.25, 0.3) is 11.8 Å². The number of carbonyl (C=O) groups excluding carboxylic acids is 3. The van der Waals surface area contributed by atoms with Crippen LogP contribution in [0, 0.1) is 10.8 Å². The first-order valence-electron chi connectivity index (χ1n) is 7.57. The minimum absolute atomic E-state index is 0.100. The summed E-state index contributed by atoms with van der Waals surface area (Å²) < 4.78 is 0. The topological polar surface area (TPSA) is 63.7 Å². The Labute approximate surface area is 128 Å². The molecular weight excluding hydrogens is 270 g/mol. The van der Waals surface area contributed by atoms with Crippen molar-refractivity contribution in [3.05, 3.63) is 0 Å². The summed E-state index contributed by atoms with van der Waals surface area (Å²) in [5.41, 5.74) is -0.135. The molecule has 0 atom stereocenters. The third-order valence-corrected chi connectivity index (χ3v) is 2.83. The second-order valence-electron chi connectivity index (χ2n) is 7.12. The van der Waals surface area contributed by atoms with Crippen molar-refractivity contribution < 1.29 is 19.2 Å². The summed E-state index contributed by atoms with van der Waals surface area (Å²) in [5, 5.41) is 0.607. The van der Waals surface area contributed by atoms with Crippen LogP contribution in [-0.4, -0.2) is 22.8 Å². The highest BCUT2D eigenvalue weighted by atomic mass is 16.7. The van der Waals surface area contributed by atoms with E-state index in [9.17, 15) is 14.4 Å². The van der Waals surface area contributed by atoms with Crippen LogP contribution in [0.5, 0.6) is 0 Å². The molecule has 0 spiro atoms. The Bertz CT molecular complexity index is 378. The first-order chi connectivity index (χ1) is 9.50. The highest BCUT2D eigenvalue weighted by Crippen LogP contribution is 2.36. The van der Waals surface area contributed by atoms with Gasteiger partial charge in [-0.2, -0.15) is 0 Å². The minimum Gasteiger partial charge on any atom is -0.330 e. The van der Waals surface area contributed by atoms with E-state index >= 15 is 0 Å². The van der Waals surface area contributed by atoms with E-state index in [1.165, 1.54) is 0 Å². The first kappa shape index (κ1) is 19.6. The zero-order chi connectivity index (χ0) is 16.8. The summed E-state index contributed by atoms with van der Waals surface area (Å²) in [6.07, 6.45) is 1.27. The van der Waals surface area contributed by atoms with Crippen LogP contribution in [0.3, 0.4) is 0 Å². The van der Waals surface area contributed by atoms with Crippen LogP contribution in [0.1, 0.15) is 74.1 Å². The molecule has 5 nitrogen and oxygen atoms in total. The molecule has 0 aliphatic carbocycles. The molecule has 5 heteroatoms. The molecule has 122 valence electrons. The van der Waals surface area contributed by atoms with Crippen LogP contribution in [-0.2, 0) is 19.2 Å². The summed E-state index contributed by atoms with van der Waals surface area (Å²) in [4.78, 5) is 39.4. The van der Waals surface area contributed by atoms with Crippen LogP contribution in [0.2, 0.25) is 0 Å². The summed E-state index contributed by atoms with van der Waals surface area (Å²) in [6.45, 7) is 14.3. The average Bonchev–Trinajstić information content (AvgIpc) is 2.59. The van der Waals surface area contributed by atoms with Gasteiger partial charge in [-0.3, -0.25) is 9.59 Å². The monoisotopic (exact) mass is 299 g/mol. The van der Waals surface area contributed by atoms with E-state index in [1.54, 1.807) is 0 Å². The second-order valence-corrected chi connectivity index (χ2v) is 7.12. The largest absolute Gasteiger partial charge is 0.333 e. The molecule has 1 heterocycles. The summed E-state index contributed by atoms with van der Waals surface area (Å²) >= 11 is 0. The molecule has 1 fully saturated rings.